The lowest BCUT2D eigenvalue weighted by Crippen LogP contribution is -2.11. The van der Waals surface area contributed by atoms with E-state index < -0.39 is 17.5 Å². The van der Waals surface area contributed by atoms with Crippen LogP contribution in [0.3, 0.4) is 0 Å². The fourth-order valence-electron chi connectivity index (χ4n) is 6.70. The van der Waals surface area contributed by atoms with Gasteiger partial charge in [0.05, 0.1) is 26.4 Å². The summed E-state index contributed by atoms with van der Waals surface area (Å²) in [6.07, 6.45) is 2.57. The monoisotopic (exact) mass is 912 g/mol. The fraction of sp³-hybridized carbons (Fsp3) is 0.250. The van der Waals surface area contributed by atoms with E-state index in [2.05, 4.69) is 14.5 Å². The first kappa shape index (κ1) is 49.3. The molecule has 0 N–H and O–H groups in total. The molecule has 324 valence electrons. The van der Waals surface area contributed by atoms with Crippen molar-refractivity contribution >= 4 is 69.5 Å². The Morgan fingerprint density at radius 2 is 1.05 bits per heavy atom. The van der Waals surface area contributed by atoms with Crippen molar-refractivity contribution in [3.63, 3.8) is 0 Å². The lowest BCUT2D eigenvalue weighted by molar-refractivity contribution is 0.0961. The van der Waals surface area contributed by atoms with E-state index in [9.17, 15) is 27.6 Å². The number of hydrogen-bond donors (Lipinski definition) is 0. The predicted molar refractivity (Wildman–Crippen MR) is 241 cm³/mol. The second-order valence-corrected chi connectivity index (χ2v) is 15.8. The number of benzene rings is 3. The molecular formula is C48H42Cl3F3N6O3. The first-order chi connectivity index (χ1) is 29.9. The summed E-state index contributed by atoms with van der Waals surface area (Å²) in [4.78, 5) is 46.8. The summed E-state index contributed by atoms with van der Waals surface area (Å²) in [6.45, 7) is 26.7. The summed E-state index contributed by atoms with van der Waals surface area (Å²) in [5, 5.41) is 0.976. The highest BCUT2D eigenvalue weighted by molar-refractivity contribution is 6.32. The summed E-state index contributed by atoms with van der Waals surface area (Å²) >= 11 is 17.9. The number of Topliss-reactive ketones (excluding diaryl/α,β-unsaturated/α-hetero) is 3. The molecule has 6 aromatic rings. The maximum absolute atomic E-state index is 13.9. The van der Waals surface area contributed by atoms with Crippen LogP contribution in [-0.4, -0.2) is 31.1 Å². The molecule has 0 saturated heterocycles. The number of nitrogens with zero attached hydrogens (tertiary/aromatic N) is 6. The van der Waals surface area contributed by atoms with Crippen LogP contribution in [0.1, 0.15) is 100 Å². The molecule has 3 heterocycles. The molecule has 9 nitrogen and oxygen atoms in total. The Morgan fingerprint density at radius 3 is 1.46 bits per heavy atom. The first-order valence-electron chi connectivity index (χ1n) is 19.5. The normalized spacial score (nSPS) is 11.0. The van der Waals surface area contributed by atoms with Gasteiger partial charge >= 0.3 is 0 Å². The average molecular weight is 914 g/mol. The van der Waals surface area contributed by atoms with Crippen LogP contribution in [0, 0.1) is 37.2 Å². The molecule has 63 heavy (non-hydrogen) atoms. The molecule has 3 aromatic heterocycles. The number of rotatable bonds is 13. The third-order valence-corrected chi connectivity index (χ3v) is 11.1. The highest BCUT2D eigenvalue weighted by Gasteiger charge is 2.23. The summed E-state index contributed by atoms with van der Waals surface area (Å²) in [6, 6.07) is 21.5. The molecule has 0 fully saturated rings. The Hall–Kier alpha value is -6.36. The minimum Gasteiger partial charge on any atom is -0.364 e. The molecule has 0 spiro atoms. The lowest BCUT2D eigenvalue weighted by atomic mass is 9.94. The summed E-state index contributed by atoms with van der Waals surface area (Å²) in [5.41, 5.74) is 2.86. The molecule has 15 heteroatoms. The second-order valence-electron chi connectivity index (χ2n) is 14.6. The van der Waals surface area contributed by atoms with Crippen LogP contribution in [0.25, 0.3) is 14.5 Å². The van der Waals surface area contributed by atoms with Crippen LogP contribution in [0.2, 0.25) is 15.1 Å². The molecule has 0 bridgehead atoms. The Labute approximate surface area is 379 Å². The van der Waals surface area contributed by atoms with E-state index in [4.69, 9.17) is 54.5 Å². The molecule has 0 saturated carbocycles. The molecule has 0 amide bonds. The maximum Gasteiger partial charge on any atom is 0.230 e. The van der Waals surface area contributed by atoms with Gasteiger partial charge in [0, 0.05) is 63.3 Å². The SMILES string of the molecule is [C-]#[N+]c1cc(C(=O)CCc2c(F)cccc2Cl)n(C(C)C)c1.[C-]#[N+]c1ccc(C(=O)CCc2c(F)cccc2Cl)n1C.[C-]#[N+]c1ccc(C(=O)C[C@@H](C)c2c(F)cccc2Cl)n1C. The van der Waals surface area contributed by atoms with Gasteiger partial charge in [-0.15, -0.1) is 0 Å². The number of ketones is 3. The molecule has 1 atom stereocenters. The lowest BCUT2D eigenvalue weighted by Gasteiger charge is -2.13. The van der Waals surface area contributed by atoms with E-state index in [1.807, 2.05) is 13.8 Å². The highest BCUT2D eigenvalue weighted by Crippen LogP contribution is 2.31. The van der Waals surface area contributed by atoms with Gasteiger partial charge in [-0.2, -0.15) is 0 Å². The van der Waals surface area contributed by atoms with E-state index in [1.54, 1.807) is 84.9 Å². The Bertz CT molecular complexity index is 2710. The largest absolute Gasteiger partial charge is 0.364 e. The van der Waals surface area contributed by atoms with Crippen molar-refractivity contribution in [2.75, 3.05) is 0 Å². The standard InChI is InChI=1S/C17H16ClFN2O.C16H14ClFN2O.C15H12ClFN2O/c1-11(2)21-10-12(20-3)9-16(21)17(22)8-7-13-14(18)5-4-6-15(13)19;1-10(16-11(17)5-4-6-12(16)18)9-14(21)13-7-8-15(19-2)20(13)3;1-18-15-9-7-13(19(15)2)14(20)8-6-10-11(16)4-3-5-12(10)17/h4-6,9-11H,7-8H2,1-2H3;4-8,10H,9H2,1,3H3;3-5,7,9H,6,8H2,2H3/t;10-;/m.1./s1. The van der Waals surface area contributed by atoms with Crippen LogP contribution in [-0.2, 0) is 26.9 Å². The molecule has 0 radical (unpaired) electrons. The van der Waals surface area contributed by atoms with E-state index in [0.29, 0.717) is 66.2 Å². The van der Waals surface area contributed by atoms with Gasteiger partial charge in [0.15, 0.2) is 17.2 Å². The zero-order valence-electron chi connectivity index (χ0n) is 35.0. The zero-order valence-corrected chi connectivity index (χ0v) is 37.3. The van der Waals surface area contributed by atoms with Crippen molar-refractivity contribution in [3.8, 4) is 0 Å². The van der Waals surface area contributed by atoms with Crippen molar-refractivity contribution in [1.82, 2.24) is 13.7 Å². The van der Waals surface area contributed by atoms with E-state index >= 15 is 0 Å². The fourth-order valence-corrected chi connectivity index (χ4v) is 7.57. The molecule has 0 aliphatic heterocycles. The van der Waals surface area contributed by atoms with Gasteiger partial charge in [-0.3, -0.25) is 23.5 Å². The van der Waals surface area contributed by atoms with Crippen LogP contribution in [0.5, 0.6) is 0 Å². The van der Waals surface area contributed by atoms with Gasteiger partial charge in [-0.1, -0.05) is 73.1 Å². The van der Waals surface area contributed by atoms with E-state index in [-0.39, 0.29) is 61.4 Å². The summed E-state index contributed by atoms with van der Waals surface area (Å²) in [7, 11) is 3.33. The van der Waals surface area contributed by atoms with Gasteiger partial charge in [0.2, 0.25) is 28.9 Å². The Kier molecular flexibility index (Phi) is 17.7. The second kappa shape index (κ2) is 22.6. The van der Waals surface area contributed by atoms with Crippen LogP contribution in [0.4, 0.5) is 30.5 Å². The topological polar surface area (TPSA) is 79.1 Å². The molecular weight excluding hydrogens is 872 g/mol. The number of hydrogen-bond acceptors (Lipinski definition) is 3. The first-order valence-corrected chi connectivity index (χ1v) is 20.6. The van der Waals surface area contributed by atoms with Crippen molar-refractivity contribution in [3.05, 3.63) is 192 Å². The minimum absolute atomic E-state index is 0.0755. The third-order valence-electron chi connectivity index (χ3n) is 10.1. The summed E-state index contributed by atoms with van der Waals surface area (Å²) in [5.74, 6) is -1.15. The minimum atomic E-state index is -0.406. The van der Waals surface area contributed by atoms with Crippen molar-refractivity contribution < 1.29 is 27.6 Å². The number of aromatic nitrogens is 3. The van der Waals surface area contributed by atoms with Crippen molar-refractivity contribution in [1.29, 1.82) is 0 Å². The van der Waals surface area contributed by atoms with Gasteiger partial charge in [0.1, 0.15) is 17.5 Å². The van der Waals surface area contributed by atoms with E-state index in [0.717, 1.165) is 0 Å². The summed E-state index contributed by atoms with van der Waals surface area (Å²) < 4.78 is 46.0. The number of carbonyl (C=O) groups is 3. The molecule has 0 unspecified atom stereocenters. The number of halogens is 6. The number of carbonyl (C=O) groups excluding carboxylic acids is 3. The smallest absolute Gasteiger partial charge is 0.230 e. The van der Waals surface area contributed by atoms with Crippen LogP contribution < -0.4 is 0 Å². The molecule has 6 rings (SSSR count). The quantitative estimate of drug-likeness (QED) is 0.0855. The molecule has 0 aliphatic rings. The molecule has 3 aromatic carbocycles. The van der Waals surface area contributed by atoms with Crippen molar-refractivity contribution in [2.45, 2.75) is 64.8 Å². The average Bonchev–Trinajstić information content (AvgIpc) is 3.97. The van der Waals surface area contributed by atoms with Gasteiger partial charge < -0.3 is 14.3 Å². The van der Waals surface area contributed by atoms with Gasteiger partial charge in [-0.05, 0) is 99.3 Å². The van der Waals surface area contributed by atoms with Crippen LogP contribution >= 0.6 is 34.8 Å². The van der Waals surface area contributed by atoms with Crippen molar-refractivity contribution in [2.24, 2.45) is 14.1 Å². The van der Waals surface area contributed by atoms with E-state index in [1.165, 1.54) is 41.0 Å². The predicted octanol–water partition coefficient (Wildman–Crippen LogP) is 14.2. The van der Waals surface area contributed by atoms with Gasteiger partial charge in [0.25, 0.3) is 0 Å². The van der Waals surface area contributed by atoms with Gasteiger partial charge in [-0.25, -0.2) is 18.0 Å². The third kappa shape index (κ3) is 12.4. The Morgan fingerprint density at radius 1 is 0.603 bits per heavy atom. The molecule has 0 aliphatic carbocycles. The highest BCUT2D eigenvalue weighted by atomic mass is 35.5. The Balaban J connectivity index is 0.000000208. The van der Waals surface area contributed by atoms with Crippen LogP contribution in [0.15, 0.2) is 91.1 Å². The zero-order chi connectivity index (χ0) is 46.5. The maximum atomic E-state index is 13.9.